The van der Waals surface area contributed by atoms with E-state index < -0.39 is 0 Å². The number of para-hydroxylation sites is 3. The SMILES string of the molecule is O=C(NCc1ccccc1)c1cncc(Nc2ccccc2Oc2ccccc2)c1. The van der Waals surface area contributed by atoms with Gasteiger partial charge in [0.2, 0.25) is 0 Å². The Balaban J connectivity index is 1.46. The van der Waals surface area contributed by atoms with Crippen molar-refractivity contribution in [1.29, 1.82) is 0 Å². The first kappa shape index (κ1) is 19.2. The normalized spacial score (nSPS) is 10.3. The van der Waals surface area contributed by atoms with Crippen LogP contribution in [0.15, 0.2) is 103 Å². The summed E-state index contributed by atoms with van der Waals surface area (Å²) in [7, 11) is 0. The van der Waals surface area contributed by atoms with Gasteiger partial charge in [0.15, 0.2) is 5.75 Å². The molecule has 0 spiro atoms. The van der Waals surface area contributed by atoms with Gasteiger partial charge < -0.3 is 15.4 Å². The van der Waals surface area contributed by atoms with E-state index in [0.717, 1.165) is 17.0 Å². The molecule has 0 aliphatic carbocycles. The molecule has 1 aromatic heterocycles. The highest BCUT2D eigenvalue weighted by Crippen LogP contribution is 2.31. The number of nitrogens with zero attached hydrogens (tertiary/aromatic N) is 1. The van der Waals surface area contributed by atoms with Gasteiger partial charge in [0.1, 0.15) is 5.75 Å². The molecule has 30 heavy (non-hydrogen) atoms. The fourth-order valence-electron chi connectivity index (χ4n) is 2.94. The third-order valence-electron chi connectivity index (χ3n) is 4.43. The average molecular weight is 395 g/mol. The van der Waals surface area contributed by atoms with Crippen molar-refractivity contribution in [3.05, 3.63) is 115 Å². The number of hydrogen-bond acceptors (Lipinski definition) is 4. The summed E-state index contributed by atoms with van der Waals surface area (Å²) in [5.74, 6) is 1.25. The molecule has 148 valence electrons. The summed E-state index contributed by atoms with van der Waals surface area (Å²) in [4.78, 5) is 16.7. The second kappa shape index (κ2) is 9.39. The van der Waals surface area contributed by atoms with E-state index in [1.165, 1.54) is 0 Å². The molecule has 3 aromatic carbocycles. The van der Waals surface area contributed by atoms with E-state index in [4.69, 9.17) is 4.74 Å². The predicted molar refractivity (Wildman–Crippen MR) is 118 cm³/mol. The summed E-state index contributed by atoms with van der Waals surface area (Å²) in [6.07, 6.45) is 3.23. The topological polar surface area (TPSA) is 63.2 Å². The van der Waals surface area contributed by atoms with E-state index in [1.807, 2.05) is 84.9 Å². The molecule has 0 aliphatic heterocycles. The van der Waals surface area contributed by atoms with Crippen molar-refractivity contribution < 1.29 is 9.53 Å². The summed E-state index contributed by atoms with van der Waals surface area (Å²) < 4.78 is 5.98. The summed E-state index contributed by atoms with van der Waals surface area (Å²) in [6, 6.07) is 28.8. The number of carbonyl (C=O) groups is 1. The minimum absolute atomic E-state index is 0.177. The second-order valence-corrected chi connectivity index (χ2v) is 6.67. The summed E-state index contributed by atoms with van der Waals surface area (Å²) in [6.45, 7) is 0.463. The van der Waals surface area contributed by atoms with Gasteiger partial charge in [0.25, 0.3) is 5.91 Å². The molecular weight excluding hydrogens is 374 g/mol. The Bertz CT molecular complexity index is 1120. The van der Waals surface area contributed by atoms with E-state index in [2.05, 4.69) is 15.6 Å². The first-order valence-electron chi connectivity index (χ1n) is 9.64. The smallest absolute Gasteiger partial charge is 0.253 e. The van der Waals surface area contributed by atoms with Crippen LogP contribution in [-0.4, -0.2) is 10.9 Å². The van der Waals surface area contributed by atoms with Crippen LogP contribution in [0.4, 0.5) is 11.4 Å². The average Bonchev–Trinajstić information content (AvgIpc) is 2.80. The molecule has 0 saturated carbocycles. The Morgan fingerprint density at radius 3 is 2.33 bits per heavy atom. The molecule has 0 unspecified atom stereocenters. The van der Waals surface area contributed by atoms with Gasteiger partial charge in [0, 0.05) is 12.7 Å². The number of carbonyl (C=O) groups excluding carboxylic acids is 1. The quantitative estimate of drug-likeness (QED) is 0.431. The van der Waals surface area contributed by atoms with Crippen molar-refractivity contribution in [2.75, 3.05) is 5.32 Å². The Morgan fingerprint density at radius 1 is 0.833 bits per heavy atom. The van der Waals surface area contributed by atoms with E-state index in [0.29, 0.717) is 23.5 Å². The minimum Gasteiger partial charge on any atom is -0.455 e. The van der Waals surface area contributed by atoms with Gasteiger partial charge in [-0.25, -0.2) is 0 Å². The summed E-state index contributed by atoms with van der Waals surface area (Å²) in [5, 5.41) is 6.21. The van der Waals surface area contributed by atoms with Crippen LogP contribution in [0.3, 0.4) is 0 Å². The highest BCUT2D eigenvalue weighted by molar-refractivity contribution is 5.94. The third-order valence-corrected chi connectivity index (χ3v) is 4.43. The molecule has 0 bridgehead atoms. The van der Waals surface area contributed by atoms with Crippen molar-refractivity contribution in [3.8, 4) is 11.5 Å². The number of hydrogen-bond donors (Lipinski definition) is 2. The van der Waals surface area contributed by atoms with Gasteiger partial charge in [-0.15, -0.1) is 0 Å². The van der Waals surface area contributed by atoms with E-state index in [9.17, 15) is 4.79 Å². The van der Waals surface area contributed by atoms with E-state index in [1.54, 1.807) is 18.5 Å². The van der Waals surface area contributed by atoms with Crippen LogP contribution in [0, 0.1) is 0 Å². The van der Waals surface area contributed by atoms with Crippen LogP contribution in [0.1, 0.15) is 15.9 Å². The molecule has 0 saturated heterocycles. The highest BCUT2D eigenvalue weighted by atomic mass is 16.5. The van der Waals surface area contributed by atoms with Gasteiger partial charge >= 0.3 is 0 Å². The molecule has 4 aromatic rings. The number of amides is 1. The van der Waals surface area contributed by atoms with Crippen molar-refractivity contribution in [2.45, 2.75) is 6.54 Å². The zero-order chi connectivity index (χ0) is 20.6. The lowest BCUT2D eigenvalue weighted by Gasteiger charge is -2.13. The Labute approximate surface area is 175 Å². The van der Waals surface area contributed by atoms with Crippen molar-refractivity contribution in [2.24, 2.45) is 0 Å². The fourth-order valence-corrected chi connectivity index (χ4v) is 2.94. The molecule has 2 N–H and O–H groups in total. The van der Waals surface area contributed by atoms with Crippen LogP contribution < -0.4 is 15.4 Å². The predicted octanol–water partition coefficient (Wildman–Crippen LogP) is 5.55. The number of pyridine rings is 1. The maximum absolute atomic E-state index is 12.5. The molecule has 0 atom stereocenters. The summed E-state index contributed by atoms with van der Waals surface area (Å²) in [5.41, 5.74) is 3.01. The fraction of sp³-hybridized carbons (Fsp3) is 0.0400. The third kappa shape index (κ3) is 5.02. The van der Waals surface area contributed by atoms with E-state index in [-0.39, 0.29) is 5.91 Å². The van der Waals surface area contributed by atoms with Gasteiger partial charge in [-0.1, -0.05) is 60.7 Å². The standard InChI is InChI=1S/C25H21N3O2/c29-25(27-16-19-9-3-1-4-10-19)20-15-21(18-26-17-20)28-23-13-7-8-14-24(23)30-22-11-5-2-6-12-22/h1-15,17-18,28H,16H2,(H,27,29). The maximum Gasteiger partial charge on any atom is 0.253 e. The van der Waals surface area contributed by atoms with Crippen LogP contribution in [-0.2, 0) is 6.54 Å². The lowest BCUT2D eigenvalue weighted by Crippen LogP contribution is -2.22. The van der Waals surface area contributed by atoms with Crippen molar-refractivity contribution in [1.82, 2.24) is 10.3 Å². The van der Waals surface area contributed by atoms with Gasteiger partial charge in [0.05, 0.1) is 23.1 Å². The number of aromatic nitrogens is 1. The molecule has 0 fully saturated rings. The van der Waals surface area contributed by atoms with Crippen LogP contribution in [0.2, 0.25) is 0 Å². The zero-order valence-electron chi connectivity index (χ0n) is 16.3. The molecule has 4 rings (SSSR count). The second-order valence-electron chi connectivity index (χ2n) is 6.67. The molecule has 0 radical (unpaired) electrons. The lowest BCUT2D eigenvalue weighted by molar-refractivity contribution is 0.0950. The molecule has 0 aliphatic rings. The molecule has 5 heteroatoms. The number of anilines is 2. The van der Waals surface area contributed by atoms with Crippen molar-refractivity contribution >= 4 is 17.3 Å². The van der Waals surface area contributed by atoms with Gasteiger partial charge in [-0.05, 0) is 35.9 Å². The van der Waals surface area contributed by atoms with Crippen molar-refractivity contribution in [3.63, 3.8) is 0 Å². The lowest BCUT2D eigenvalue weighted by atomic mass is 10.2. The number of benzene rings is 3. The first-order valence-corrected chi connectivity index (χ1v) is 9.64. The summed E-state index contributed by atoms with van der Waals surface area (Å²) >= 11 is 0. The largest absolute Gasteiger partial charge is 0.455 e. The number of ether oxygens (including phenoxy) is 1. The van der Waals surface area contributed by atoms with Crippen LogP contribution in [0.5, 0.6) is 11.5 Å². The monoisotopic (exact) mass is 395 g/mol. The molecule has 5 nitrogen and oxygen atoms in total. The Hall–Kier alpha value is -4.12. The number of nitrogens with one attached hydrogen (secondary N) is 2. The van der Waals surface area contributed by atoms with Crippen LogP contribution >= 0.6 is 0 Å². The maximum atomic E-state index is 12.5. The highest BCUT2D eigenvalue weighted by Gasteiger charge is 2.09. The Kier molecular flexibility index (Phi) is 6.01. The molecular formula is C25H21N3O2. The zero-order valence-corrected chi connectivity index (χ0v) is 16.3. The number of rotatable bonds is 7. The Morgan fingerprint density at radius 2 is 1.53 bits per heavy atom. The molecule has 1 amide bonds. The van der Waals surface area contributed by atoms with Crippen LogP contribution in [0.25, 0.3) is 0 Å². The molecule has 1 heterocycles. The van der Waals surface area contributed by atoms with Gasteiger partial charge in [-0.3, -0.25) is 9.78 Å². The van der Waals surface area contributed by atoms with Gasteiger partial charge in [-0.2, -0.15) is 0 Å². The first-order chi connectivity index (χ1) is 14.8. The minimum atomic E-state index is -0.177. The van der Waals surface area contributed by atoms with E-state index >= 15 is 0 Å².